The summed E-state index contributed by atoms with van der Waals surface area (Å²) < 4.78 is 0. The SMILES string of the molecule is CC1CC(C(=O)NCCC(=O)NC(C)C)(C(N)=NO)C1. The second-order valence-electron chi connectivity index (χ2n) is 5.81. The highest BCUT2D eigenvalue weighted by molar-refractivity contribution is 6.07. The van der Waals surface area contributed by atoms with Gasteiger partial charge >= 0.3 is 0 Å². The highest BCUT2D eigenvalue weighted by atomic mass is 16.4. The molecular formula is C13H24N4O3. The Morgan fingerprint density at radius 1 is 1.45 bits per heavy atom. The fourth-order valence-corrected chi connectivity index (χ4v) is 2.59. The van der Waals surface area contributed by atoms with Crippen molar-refractivity contribution in [3.8, 4) is 0 Å². The van der Waals surface area contributed by atoms with Crippen LogP contribution in [-0.2, 0) is 9.59 Å². The zero-order valence-electron chi connectivity index (χ0n) is 12.3. The molecule has 1 rings (SSSR count). The zero-order valence-corrected chi connectivity index (χ0v) is 12.3. The average Bonchev–Trinajstić information content (AvgIpc) is 2.32. The van der Waals surface area contributed by atoms with Crippen molar-refractivity contribution < 1.29 is 14.8 Å². The Bertz CT molecular complexity index is 400. The third-order valence-corrected chi connectivity index (χ3v) is 3.51. The Morgan fingerprint density at radius 2 is 2.05 bits per heavy atom. The molecule has 0 radical (unpaired) electrons. The normalized spacial score (nSPS) is 26.0. The number of oxime groups is 1. The number of amides is 2. The first kappa shape index (κ1) is 16.3. The van der Waals surface area contributed by atoms with Crippen molar-refractivity contribution in [2.45, 2.75) is 46.1 Å². The van der Waals surface area contributed by atoms with E-state index in [-0.39, 0.29) is 36.7 Å². The molecule has 7 nitrogen and oxygen atoms in total. The lowest BCUT2D eigenvalue weighted by atomic mass is 9.61. The maximum atomic E-state index is 12.2. The van der Waals surface area contributed by atoms with Crippen LogP contribution in [0.2, 0.25) is 0 Å². The molecule has 1 saturated carbocycles. The lowest BCUT2D eigenvalue weighted by Crippen LogP contribution is -2.57. The van der Waals surface area contributed by atoms with E-state index in [2.05, 4.69) is 15.8 Å². The van der Waals surface area contributed by atoms with Crippen molar-refractivity contribution in [3.05, 3.63) is 0 Å². The Labute approximate surface area is 119 Å². The van der Waals surface area contributed by atoms with Gasteiger partial charge in [-0.15, -0.1) is 0 Å². The lowest BCUT2D eigenvalue weighted by molar-refractivity contribution is -0.133. The lowest BCUT2D eigenvalue weighted by Gasteiger charge is -2.43. The van der Waals surface area contributed by atoms with Gasteiger partial charge in [-0.05, 0) is 32.6 Å². The van der Waals surface area contributed by atoms with E-state index in [1.807, 2.05) is 20.8 Å². The first-order valence-electron chi connectivity index (χ1n) is 6.87. The molecule has 0 aromatic carbocycles. The van der Waals surface area contributed by atoms with Gasteiger partial charge in [0.25, 0.3) is 0 Å². The predicted molar refractivity (Wildman–Crippen MR) is 75.1 cm³/mol. The van der Waals surface area contributed by atoms with Crippen LogP contribution in [0.4, 0.5) is 0 Å². The van der Waals surface area contributed by atoms with Gasteiger partial charge in [0.15, 0.2) is 5.84 Å². The van der Waals surface area contributed by atoms with Crippen molar-refractivity contribution in [2.24, 2.45) is 22.2 Å². The van der Waals surface area contributed by atoms with Crippen molar-refractivity contribution >= 4 is 17.6 Å². The predicted octanol–water partition coefficient (Wildman–Crippen LogP) is 0.180. The Hall–Kier alpha value is -1.79. The van der Waals surface area contributed by atoms with Crippen LogP contribution in [-0.4, -0.2) is 35.4 Å². The first-order chi connectivity index (χ1) is 9.31. The molecule has 1 aliphatic carbocycles. The molecule has 0 heterocycles. The molecule has 1 fully saturated rings. The summed E-state index contributed by atoms with van der Waals surface area (Å²) in [6, 6.07) is 0.0780. The minimum atomic E-state index is -0.914. The van der Waals surface area contributed by atoms with Crippen LogP contribution >= 0.6 is 0 Å². The van der Waals surface area contributed by atoms with Crippen LogP contribution in [0.15, 0.2) is 5.16 Å². The van der Waals surface area contributed by atoms with Gasteiger partial charge in [0, 0.05) is 19.0 Å². The number of carbonyl (C=O) groups excluding carboxylic acids is 2. The van der Waals surface area contributed by atoms with Crippen LogP contribution in [0.3, 0.4) is 0 Å². The van der Waals surface area contributed by atoms with Gasteiger partial charge in [-0.3, -0.25) is 9.59 Å². The number of hydrogen-bond donors (Lipinski definition) is 4. The van der Waals surface area contributed by atoms with E-state index in [0.717, 1.165) is 0 Å². The summed E-state index contributed by atoms with van der Waals surface area (Å²) in [4.78, 5) is 23.6. The molecule has 0 aliphatic heterocycles. The molecule has 114 valence electrons. The molecular weight excluding hydrogens is 260 g/mol. The molecule has 0 unspecified atom stereocenters. The molecule has 0 spiro atoms. The summed E-state index contributed by atoms with van der Waals surface area (Å²) in [5, 5.41) is 17.2. The number of carbonyl (C=O) groups is 2. The minimum absolute atomic E-state index is 0.0558. The van der Waals surface area contributed by atoms with E-state index in [1.54, 1.807) is 0 Å². The maximum Gasteiger partial charge on any atom is 0.233 e. The van der Waals surface area contributed by atoms with Crippen LogP contribution < -0.4 is 16.4 Å². The first-order valence-corrected chi connectivity index (χ1v) is 6.87. The van der Waals surface area contributed by atoms with Crippen LogP contribution in [0.5, 0.6) is 0 Å². The quantitative estimate of drug-likeness (QED) is 0.241. The minimum Gasteiger partial charge on any atom is -0.409 e. The number of hydrogen-bond acceptors (Lipinski definition) is 4. The fraction of sp³-hybridized carbons (Fsp3) is 0.769. The molecule has 0 aromatic rings. The third-order valence-electron chi connectivity index (χ3n) is 3.51. The molecule has 0 atom stereocenters. The third kappa shape index (κ3) is 3.61. The fourth-order valence-electron chi connectivity index (χ4n) is 2.59. The van der Waals surface area contributed by atoms with Gasteiger partial charge in [-0.1, -0.05) is 12.1 Å². The summed E-state index contributed by atoms with van der Waals surface area (Å²) in [5.41, 5.74) is 4.72. The highest BCUT2D eigenvalue weighted by Crippen LogP contribution is 2.45. The van der Waals surface area contributed by atoms with E-state index >= 15 is 0 Å². The summed E-state index contributed by atoms with van der Waals surface area (Å²) >= 11 is 0. The van der Waals surface area contributed by atoms with Crippen LogP contribution in [0, 0.1) is 11.3 Å². The monoisotopic (exact) mass is 284 g/mol. The van der Waals surface area contributed by atoms with E-state index in [4.69, 9.17) is 10.9 Å². The van der Waals surface area contributed by atoms with Crippen molar-refractivity contribution in [2.75, 3.05) is 6.54 Å². The number of nitrogens with two attached hydrogens (primary N) is 1. The number of amidine groups is 1. The average molecular weight is 284 g/mol. The summed E-state index contributed by atoms with van der Waals surface area (Å²) in [7, 11) is 0. The number of nitrogens with one attached hydrogen (secondary N) is 2. The van der Waals surface area contributed by atoms with Gasteiger partial charge in [-0.2, -0.15) is 0 Å². The molecule has 20 heavy (non-hydrogen) atoms. The second kappa shape index (κ2) is 6.58. The van der Waals surface area contributed by atoms with E-state index in [1.165, 1.54) is 0 Å². The summed E-state index contributed by atoms with van der Waals surface area (Å²) in [6.45, 7) is 6.00. The number of rotatable bonds is 6. The molecule has 0 aromatic heterocycles. The van der Waals surface area contributed by atoms with Gasteiger partial charge in [0.2, 0.25) is 11.8 Å². The Morgan fingerprint density at radius 3 is 2.50 bits per heavy atom. The largest absolute Gasteiger partial charge is 0.409 e. The summed E-state index contributed by atoms with van der Waals surface area (Å²) in [5.74, 6) is -0.0756. The Balaban J connectivity index is 2.47. The number of nitrogens with zero attached hydrogens (tertiary/aromatic N) is 1. The molecule has 0 bridgehead atoms. The molecule has 2 amide bonds. The van der Waals surface area contributed by atoms with Crippen molar-refractivity contribution in [1.82, 2.24) is 10.6 Å². The topological polar surface area (TPSA) is 117 Å². The molecule has 7 heteroatoms. The van der Waals surface area contributed by atoms with Gasteiger partial charge in [0.1, 0.15) is 5.41 Å². The summed E-state index contributed by atoms with van der Waals surface area (Å²) in [6.07, 6.45) is 1.34. The van der Waals surface area contributed by atoms with Crippen LogP contribution in [0.25, 0.3) is 0 Å². The maximum absolute atomic E-state index is 12.2. The van der Waals surface area contributed by atoms with E-state index < -0.39 is 5.41 Å². The second-order valence-corrected chi connectivity index (χ2v) is 5.81. The van der Waals surface area contributed by atoms with E-state index in [9.17, 15) is 9.59 Å². The molecule has 5 N–H and O–H groups in total. The molecule has 0 saturated heterocycles. The van der Waals surface area contributed by atoms with Gasteiger partial charge in [-0.25, -0.2) is 0 Å². The van der Waals surface area contributed by atoms with Gasteiger partial charge < -0.3 is 21.6 Å². The zero-order chi connectivity index (χ0) is 15.3. The van der Waals surface area contributed by atoms with Crippen LogP contribution in [0.1, 0.15) is 40.0 Å². The standard InChI is InChI=1S/C13H24N4O3/c1-8(2)16-10(18)4-5-15-12(19)13(11(14)17-20)6-9(3)7-13/h8-9,20H,4-7H2,1-3H3,(H2,14,17)(H,15,19)(H,16,18). The molecule has 1 aliphatic rings. The Kier molecular flexibility index (Phi) is 5.35. The highest BCUT2D eigenvalue weighted by Gasteiger charge is 2.52. The van der Waals surface area contributed by atoms with E-state index in [0.29, 0.717) is 18.8 Å². The van der Waals surface area contributed by atoms with Crippen molar-refractivity contribution in [3.63, 3.8) is 0 Å². The van der Waals surface area contributed by atoms with Crippen molar-refractivity contribution in [1.29, 1.82) is 0 Å². The smallest absolute Gasteiger partial charge is 0.233 e. The van der Waals surface area contributed by atoms with Gasteiger partial charge in [0.05, 0.1) is 0 Å².